The molecular weight excluding hydrogens is 318 g/mol. The Hall–Kier alpha value is -1.60. The molecule has 1 aromatic carbocycles. The lowest BCUT2D eigenvalue weighted by atomic mass is 9.83. The second-order valence-electron chi connectivity index (χ2n) is 7.31. The molecule has 1 fully saturated rings. The van der Waals surface area contributed by atoms with Gasteiger partial charge in [0.05, 0.1) is 22.7 Å². The molecule has 1 aromatic rings. The van der Waals surface area contributed by atoms with Crippen molar-refractivity contribution in [1.82, 2.24) is 5.06 Å². The minimum atomic E-state index is -3.26. The van der Waals surface area contributed by atoms with Gasteiger partial charge in [-0.15, -0.1) is 5.06 Å². The molecule has 1 atom stereocenters. The van der Waals surface area contributed by atoms with Crippen molar-refractivity contribution in [2.24, 2.45) is 5.41 Å². The monoisotopic (exact) mass is 339 g/mol. The quantitative estimate of drug-likeness (QED) is 0.911. The number of hydroxylamine groups is 2. The molecule has 0 bridgehead atoms. The zero-order chi connectivity index (χ0) is 17.0. The Morgan fingerprint density at radius 1 is 1.30 bits per heavy atom. The van der Waals surface area contributed by atoms with Crippen molar-refractivity contribution < 1.29 is 23.2 Å². The Morgan fingerprint density at radius 2 is 1.96 bits per heavy atom. The van der Waals surface area contributed by atoms with Crippen molar-refractivity contribution in [3.8, 4) is 0 Å². The normalized spacial score (nSPS) is 22.0. The van der Waals surface area contributed by atoms with Crippen molar-refractivity contribution in [2.45, 2.75) is 56.3 Å². The number of carbonyl (C=O) groups is 1. The minimum Gasteiger partial charge on any atom is -0.448 e. The van der Waals surface area contributed by atoms with E-state index in [1.165, 1.54) is 5.06 Å². The number of fused-ring (bicyclic) bond motifs is 1. The van der Waals surface area contributed by atoms with Crippen molar-refractivity contribution in [3.05, 3.63) is 29.3 Å². The maximum absolute atomic E-state index is 12.4. The van der Waals surface area contributed by atoms with Crippen LogP contribution in [0.4, 0.5) is 4.79 Å². The molecule has 0 radical (unpaired) electrons. The first-order chi connectivity index (χ1) is 10.6. The van der Waals surface area contributed by atoms with Crippen LogP contribution in [0, 0.1) is 5.41 Å². The van der Waals surface area contributed by atoms with E-state index in [1.807, 2.05) is 20.8 Å². The van der Waals surface area contributed by atoms with Gasteiger partial charge in [0, 0.05) is 0 Å². The van der Waals surface area contributed by atoms with E-state index in [9.17, 15) is 13.2 Å². The van der Waals surface area contributed by atoms with Gasteiger partial charge in [0.15, 0.2) is 9.84 Å². The van der Waals surface area contributed by atoms with Gasteiger partial charge in [-0.3, -0.25) is 0 Å². The number of benzene rings is 1. The number of hydrogen-bond donors (Lipinski definition) is 1. The van der Waals surface area contributed by atoms with Crippen molar-refractivity contribution in [2.75, 3.05) is 0 Å². The second-order valence-corrected chi connectivity index (χ2v) is 9.53. The van der Waals surface area contributed by atoms with E-state index < -0.39 is 16.0 Å². The number of hydrogen-bond acceptors (Lipinski definition) is 5. The van der Waals surface area contributed by atoms with Crippen LogP contribution in [-0.4, -0.2) is 30.0 Å². The highest BCUT2D eigenvalue weighted by molar-refractivity contribution is 7.92. The predicted octanol–water partition coefficient (Wildman–Crippen LogP) is 3.14. The molecule has 23 heavy (non-hydrogen) atoms. The first-order valence-corrected chi connectivity index (χ1v) is 9.19. The van der Waals surface area contributed by atoms with Gasteiger partial charge < -0.3 is 9.94 Å². The molecule has 126 valence electrons. The Balaban J connectivity index is 2.00. The predicted molar refractivity (Wildman–Crippen MR) is 83.5 cm³/mol. The van der Waals surface area contributed by atoms with Crippen LogP contribution in [0.5, 0.6) is 0 Å². The molecule has 3 rings (SSSR count). The zero-order valence-corrected chi connectivity index (χ0v) is 14.3. The lowest BCUT2D eigenvalue weighted by Gasteiger charge is -2.33. The molecule has 1 N–H and O–H groups in total. The lowest BCUT2D eigenvalue weighted by Crippen LogP contribution is -2.33. The lowest BCUT2D eigenvalue weighted by molar-refractivity contribution is -0.169. The molecule has 7 heteroatoms. The van der Waals surface area contributed by atoms with Crippen LogP contribution in [0.3, 0.4) is 0 Å². The van der Waals surface area contributed by atoms with Gasteiger partial charge in [0.1, 0.15) is 0 Å². The van der Waals surface area contributed by atoms with E-state index >= 15 is 0 Å². The highest BCUT2D eigenvalue weighted by Gasteiger charge is 2.42. The van der Waals surface area contributed by atoms with Crippen LogP contribution in [0.1, 0.15) is 50.8 Å². The molecule has 1 heterocycles. The smallest absolute Gasteiger partial charge is 0.448 e. The fourth-order valence-corrected chi connectivity index (χ4v) is 4.94. The fraction of sp³-hybridized carbons (Fsp3) is 0.562. The van der Waals surface area contributed by atoms with Crippen molar-refractivity contribution in [1.29, 1.82) is 0 Å². The maximum atomic E-state index is 12.4. The third kappa shape index (κ3) is 2.95. The van der Waals surface area contributed by atoms with E-state index in [1.54, 1.807) is 18.2 Å². The molecule has 1 aliphatic heterocycles. The van der Waals surface area contributed by atoms with Crippen LogP contribution in [0.2, 0.25) is 0 Å². The average molecular weight is 339 g/mol. The first-order valence-electron chi connectivity index (χ1n) is 7.65. The van der Waals surface area contributed by atoms with Gasteiger partial charge >= 0.3 is 6.16 Å². The Bertz CT molecular complexity index is 746. The summed E-state index contributed by atoms with van der Waals surface area (Å²) in [5, 5.41) is 10.1. The third-order valence-electron chi connectivity index (χ3n) is 4.33. The summed E-state index contributed by atoms with van der Waals surface area (Å²) in [6.07, 6.45) is 0.0780. The van der Waals surface area contributed by atoms with Gasteiger partial charge in [0.2, 0.25) is 0 Å². The summed E-state index contributed by atoms with van der Waals surface area (Å²) in [6, 6.07) is 4.86. The number of rotatable bonds is 3. The summed E-state index contributed by atoms with van der Waals surface area (Å²) in [5.41, 5.74) is 1.49. The molecule has 1 saturated carbocycles. The van der Waals surface area contributed by atoms with Crippen LogP contribution >= 0.6 is 0 Å². The topological polar surface area (TPSA) is 83.9 Å². The molecule has 1 unspecified atom stereocenters. The summed E-state index contributed by atoms with van der Waals surface area (Å²) >= 11 is 0. The van der Waals surface area contributed by atoms with E-state index in [4.69, 9.17) is 9.94 Å². The third-order valence-corrected chi connectivity index (χ3v) is 6.59. The standard InChI is InChI=1S/C16H21NO5S/c1-16(2,3)14-13-7-6-12(23(20,21)11-4-5-11)8-10(13)9-17(14)22-15(18)19/h6-8,11,14H,4-5,9H2,1-3H3,(H,18,19). The van der Waals surface area contributed by atoms with Crippen LogP contribution in [0.25, 0.3) is 0 Å². The molecular formula is C16H21NO5S. The molecule has 2 aliphatic rings. The Morgan fingerprint density at radius 3 is 2.48 bits per heavy atom. The van der Waals surface area contributed by atoms with Crippen LogP contribution in [0.15, 0.2) is 23.1 Å². The molecule has 0 aromatic heterocycles. The fourth-order valence-electron chi connectivity index (χ4n) is 3.23. The van der Waals surface area contributed by atoms with Gasteiger partial charge in [-0.1, -0.05) is 26.8 Å². The van der Waals surface area contributed by atoms with Gasteiger partial charge in [-0.25, -0.2) is 13.2 Å². The number of sulfone groups is 1. The van der Waals surface area contributed by atoms with Crippen LogP contribution in [-0.2, 0) is 21.2 Å². The van der Waals surface area contributed by atoms with E-state index in [0.29, 0.717) is 4.90 Å². The van der Waals surface area contributed by atoms with E-state index in [0.717, 1.165) is 24.0 Å². The molecule has 0 spiro atoms. The van der Waals surface area contributed by atoms with Gasteiger partial charge in [-0.2, -0.15) is 0 Å². The van der Waals surface area contributed by atoms with Crippen LogP contribution < -0.4 is 0 Å². The summed E-state index contributed by atoms with van der Waals surface area (Å²) in [6.45, 7) is 6.26. The summed E-state index contributed by atoms with van der Waals surface area (Å²) in [7, 11) is -3.26. The Kier molecular flexibility index (Phi) is 3.68. The average Bonchev–Trinajstić information content (AvgIpc) is 3.18. The summed E-state index contributed by atoms with van der Waals surface area (Å²) in [4.78, 5) is 16.2. The van der Waals surface area contributed by atoms with E-state index in [2.05, 4.69) is 0 Å². The van der Waals surface area contributed by atoms with E-state index in [-0.39, 0.29) is 23.3 Å². The SMILES string of the molecule is CC(C)(C)C1c2ccc(S(=O)(=O)C3CC3)cc2CN1OC(=O)O. The molecule has 6 nitrogen and oxygen atoms in total. The molecule has 0 saturated heterocycles. The first kappa shape index (κ1) is 16.3. The highest BCUT2D eigenvalue weighted by atomic mass is 32.2. The Labute approximate surface area is 135 Å². The largest absolute Gasteiger partial charge is 0.525 e. The van der Waals surface area contributed by atoms with Gasteiger partial charge in [-0.05, 0) is 41.5 Å². The summed E-state index contributed by atoms with van der Waals surface area (Å²) in [5.74, 6) is 0. The number of nitrogens with zero attached hydrogens (tertiary/aromatic N) is 1. The van der Waals surface area contributed by atoms with Crippen molar-refractivity contribution in [3.63, 3.8) is 0 Å². The number of carboxylic acid groups (broad SMARTS) is 1. The van der Waals surface area contributed by atoms with Gasteiger partial charge in [0.25, 0.3) is 0 Å². The summed E-state index contributed by atoms with van der Waals surface area (Å²) < 4.78 is 24.8. The highest BCUT2D eigenvalue weighted by Crippen LogP contribution is 2.46. The minimum absolute atomic E-state index is 0.244. The molecule has 0 amide bonds. The molecule has 1 aliphatic carbocycles. The zero-order valence-electron chi connectivity index (χ0n) is 13.4. The second kappa shape index (κ2) is 5.21. The van der Waals surface area contributed by atoms with Crippen molar-refractivity contribution >= 4 is 16.0 Å². The maximum Gasteiger partial charge on any atom is 0.525 e.